The summed E-state index contributed by atoms with van der Waals surface area (Å²) >= 11 is 0. The minimum Gasteiger partial charge on any atom is -0.385 e. The molecule has 1 atom stereocenters. The Morgan fingerprint density at radius 2 is 2.24 bits per heavy atom. The van der Waals surface area contributed by atoms with Crippen molar-refractivity contribution in [2.75, 3.05) is 32.8 Å². The summed E-state index contributed by atoms with van der Waals surface area (Å²) in [6.45, 7) is 4.52. The Kier molecular flexibility index (Phi) is 6.65. The van der Waals surface area contributed by atoms with E-state index in [1.54, 1.807) is 14.2 Å². The van der Waals surface area contributed by atoms with E-state index < -0.39 is 0 Å². The van der Waals surface area contributed by atoms with Crippen LogP contribution in [0.15, 0.2) is 12.4 Å². The fourth-order valence-corrected chi connectivity index (χ4v) is 1.65. The molecule has 0 aliphatic carbocycles. The van der Waals surface area contributed by atoms with Crippen LogP contribution in [0.4, 0.5) is 5.95 Å². The normalized spacial score (nSPS) is 12.6. The highest BCUT2D eigenvalue weighted by Gasteiger charge is 2.09. The van der Waals surface area contributed by atoms with Gasteiger partial charge in [0.2, 0.25) is 5.95 Å². The minimum absolute atomic E-state index is 0.309. The highest BCUT2D eigenvalue weighted by Crippen LogP contribution is 2.09. The molecular formula is C12H23N3O2. The predicted molar refractivity (Wildman–Crippen MR) is 68.3 cm³/mol. The van der Waals surface area contributed by atoms with Crippen LogP contribution in [0.2, 0.25) is 0 Å². The van der Waals surface area contributed by atoms with Gasteiger partial charge < -0.3 is 19.4 Å². The number of nitrogens with zero attached hydrogens (tertiary/aromatic N) is 2. The van der Waals surface area contributed by atoms with Crippen LogP contribution in [0, 0.1) is 0 Å². The van der Waals surface area contributed by atoms with Gasteiger partial charge in [0.15, 0.2) is 0 Å². The van der Waals surface area contributed by atoms with Crippen molar-refractivity contribution in [2.45, 2.75) is 32.4 Å². The molecule has 0 fully saturated rings. The zero-order valence-electron chi connectivity index (χ0n) is 11.0. The van der Waals surface area contributed by atoms with Crippen LogP contribution in [0.5, 0.6) is 0 Å². The van der Waals surface area contributed by atoms with Crippen LogP contribution in [0.1, 0.15) is 19.8 Å². The molecule has 0 aliphatic heterocycles. The second-order valence-electron chi connectivity index (χ2n) is 4.00. The first-order chi connectivity index (χ1) is 8.31. The highest BCUT2D eigenvalue weighted by molar-refractivity contribution is 5.27. The van der Waals surface area contributed by atoms with Gasteiger partial charge in [-0.15, -0.1) is 0 Å². The van der Waals surface area contributed by atoms with E-state index in [-0.39, 0.29) is 0 Å². The second-order valence-corrected chi connectivity index (χ2v) is 4.00. The van der Waals surface area contributed by atoms with E-state index in [0.717, 1.165) is 31.9 Å². The first-order valence-electron chi connectivity index (χ1n) is 6.07. The molecule has 17 heavy (non-hydrogen) atoms. The van der Waals surface area contributed by atoms with Crippen LogP contribution in [-0.2, 0) is 16.0 Å². The lowest BCUT2D eigenvalue weighted by molar-refractivity contribution is 0.183. The molecular weight excluding hydrogens is 218 g/mol. The van der Waals surface area contributed by atoms with Gasteiger partial charge in [0.05, 0.1) is 12.6 Å². The van der Waals surface area contributed by atoms with Gasteiger partial charge in [-0.3, -0.25) is 0 Å². The molecule has 0 saturated carbocycles. The number of rotatable bonds is 9. The number of methoxy groups -OCH3 is 2. The Hall–Kier alpha value is -1.07. The van der Waals surface area contributed by atoms with E-state index in [4.69, 9.17) is 9.47 Å². The molecule has 1 N–H and O–H groups in total. The number of imidazole rings is 1. The van der Waals surface area contributed by atoms with Crippen molar-refractivity contribution in [3.63, 3.8) is 0 Å². The maximum absolute atomic E-state index is 5.16. The summed E-state index contributed by atoms with van der Waals surface area (Å²) < 4.78 is 12.3. The van der Waals surface area contributed by atoms with E-state index in [0.29, 0.717) is 12.6 Å². The third-order valence-electron chi connectivity index (χ3n) is 2.66. The van der Waals surface area contributed by atoms with E-state index in [9.17, 15) is 0 Å². The van der Waals surface area contributed by atoms with E-state index in [1.807, 2.05) is 12.4 Å². The first kappa shape index (κ1) is 14.0. The fraction of sp³-hybridized carbons (Fsp3) is 0.750. The van der Waals surface area contributed by atoms with Crippen molar-refractivity contribution < 1.29 is 9.47 Å². The molecule has 1 aromatic heterocycles. The number of anilines is 1. The molecule has 0 bridgehead atoms. The van der Waals surface area contributed by atoms with Gasteiger partial charge in [0.25, 0.3) is 0 Å². The Balaban J connectivity index is 2.49. The van der Waals surface area contributed by atoms with E-state index in [1.165, 1.54) is 0 Å². The Morgan fingerprint density at radius 1 is 1.41 bits per heavy atom. The summed E-state index contributed by atoms with van der Waals surface area (Å²) in [7, 11) is 3.44. The minimum atomic E-state index is 0.309. The fourth-order valence-electron chi connectivity index (χ4n) is 1.65. The van der Waals surface area contributed by atoms with Crippen molar-refractivity contribution in [2.24, 2.45) is 0 Å². The topological polar surface area (TPSA) is 48.3 Å². The zero-order chi connectivity index (χ0) is 12.5. The number of nitrogens with one attached hydrogen (secondary N) is 1. The van der Waals surface area contributed by atoms with Crippen molar-refractivity contribution in [3.05, 3.63) is 12.4 Å². The molecule has 98 valence electrons. The number of aromatic nitrogens is 2. The third kappa shape index (κ3) is 4.75. The van der Waals surface area contributed by atoms with Crippen LogP contribution in [0.3, 0.4) is 0 Å². The molecule has 1 rings (SSSR count). The van der Waals surface area contributed by atoms with Gasteiger partial charge in [-0.2, -0.15) is 0 Å². The van der Waals surface area contributed by atoms with Crippen molar-refractivity contribution in [1.29, 1.82) is 0 Å². The standard InChI is InChI=1S/C12H23N3O2/c1-4-11(10-17-3)14-12-13-6-8-15(12)7-5-9-16-2/h6,8,11H,4-5,7,9-10H2,1-3H3,(H,13,14). The molecule has 0 aliphatic rings. The molecule has 0 amide bonds. The van der Waals surface area contributed by atoms with Crippen LogP contribution < -0.4 is 5.32 Å². The van der Waals surface area contributed by atoms with Gasteiger partial charge >= 0.3 is 0 Å². The maximum Gasteiger partial charge on any atom is 0.203 e. The van der Waals surface area contributed by atoms with Gasteiger partial charge in [-0.25, -0.2) is 4.98 Å². The molecule has 1 heterocycles. The number of ether oxygens (including phenoxy) is 2. The Labute approximate surface area is 103 Å². The molecule has 5 heteroatoms. The van der Waals surface area contributed by atoms with Crippen molar-refractivity contribution in [1.82, 2.24) is 9.55 Å². The largest absolute Gasteiger partial charge is 0.385 e. The molecule has 1 unspecified atom stereocenters. The predicted octanol–water partition coefficient (Wildman–Crippen LogP) is 1.76. The van der Waals surface area contributed by atoms with Gasteiger partial charge in [0, 0.05) is 39.8 Å². The summed E-state index contributed by atoms with van der Waals surface area (Å²) in [5, 5.41) is 3.39. The molecule has 5 nitrogen and oxygen atoms in total. The summed E-state index contributed by atoms with van der Waals surface area (Å²) in [5.41, 5.74) is 0. The third-order valence-corrected chi connectivity index (χ3v) is 2.66. The second kappa shape index (κ2) is 8.08. The molecule has 1 aromatic rings. The summed E-state index contributed by atoms with van der Waals surface area (Å²) in [6.07, 6.45) is 5.80. The SMILES string of the molecule is CCC(COC)Nc1nccn1CCCOC. The van der Waals surface area contributed by atoms with Gasteiger partial charge in [-0.05, 0) is 12.8 Å². The van der Waals surface area contributed by atoms with Crippen molar-refractivity contribution >= 4 is 5.95 Å². The Bertz CT molecular complexity index is 302. The number of hydrogen-bond donors (Lipinski definition) is 1. The van der Waals surface area contributed by atoms with Crippen LogP contribution in [-0.4, -0.2) is 43.0 Å². The summed E-state index contributed by atoms with van der Waals surface area (Å²) in [5.74, 6) is 0.907. The lowest BCUT2D eigenvalue weighted by atomic mass is 10.2. The smallest absolute Gasteiger partial charge is 0.203 e. The summed E-state index contributed by atoms with van der Waals surface area (Å²) in [4.78, 5) is 4.32. The molecule has 0 spiro atoms. The lowest BCUT2D eigenvalue weighted by Gasteiger charge is -2.17. The number of aryl methyl sites for hydroxylation is 1. The lowest BCUT2D eigenvalue weighted by Crippen LogP contribution is -2.26. The van der Waals surface area contributed by atoms with E-state index in [2.05, 4.69) is 21.8 Å². The molecule has 0 aromatic carbocycles. The highest BCUT2D eigenvalue weighted by atomic mass is 16.5. The summed E-state index contributed by atoms with van der Waals surface area (Å²) in [6, 6.07) is 0.309. The average Bonchev–Trinajstić information content (AvgIpc) is 2.76. The van der Waals surface area contributed by atoms with Gasteiger partial charge in [0.1, 0.15) is 0 Å². The molecule has 0 radical (unpaired) electrons. The van der Waals surface area contributed by atoms with Crippen LogP contribution in [0.25, 0.3) is 0 Å². The first-order valence-corrected chi connectivity index (χ1v) is 6.07. The quantitative estimate of drug-likeness (QED) is 0.669. The van der Waals surface area contributed by atoms with E-state index >= 15 is 0 Å². The zero-order valence-corrected chi connectivity index (χ0v) is 11.0. The maximum atomic E-state index is 5.16. The van der Waals surface area contributed by atoms with Crippen molar-refractivity contribution in [3.8, 4) is 0 Å². The van der Waals surface area contributed by atoms with Gasteiger partial charge in [-0.1, -0.05) is 6.92 Å². The number of hydrogen-bond acceptors (Lipinski definition) is 4. The molecule has 0 saturated heterocycles. The average molecular weight is 241 g/mol. The van der Waals surface area contributed by atoms with Crippen LogP contribution >= 0.6 is 0 Å². The Morgan fingerprint density at radius 3 is 2.88 bits per heavy atom. The monoisotopic (exact) mass is 241 g/mol.